The largest absolute Gasteiger partial charge is 0.324 e. The van der Waals surface area contributed by atoms with Gasteiger partial charge in [-0.05, 0) is 6.42 Å². The molecule has 0 aliphatic heterocycles. The van der Waals surface area contributed by atoms with E-state index in [0.29, 0.717) is 6.42 Å². The van der Waals surface area contributed by atoms with Gasteiger partial charge in [-0.2, -0.15) is 0 Å². The molecule has 0 bridgehead atoms. The Morgan fingerprint density at radius 2 is 1.14 bits per heavy atom. The molecule has 0 aromatic carbocycles. The highest BCUT2D eigenvalue weighted by molar-refractivity contribution is 6.12. The standard InChI is InChI=1S/C16H33N3O2/c1-2-3-4-5-6-7-8-9-10-11-16(19,14(20)12-17)15(21)13-18/h2-13,17-19H2,1H3. The molecule has 0 rings (SSSR count). The molecule has 0 aromatic heterocycles. The molecule has 0 fully saturated rings. The van der Waals surface area contributed by atoms with Crippen LogP contribution in [0.1, 0.15) is 71.1 Å². The Morgan fingerprint density at radius 1 is 0.762 bits per heavy atom. The molecule has 0 saturated heterocycles. The van der Waals surface area contributed by atoms with Crippen LogP contribution in [-0.2, 0) is 9.59 Å². The van der Waals surface area contributed by atoms with E-state index in [4.69, 9.17) is 17.2 Å². The van der Waals surface area contributed by atoms with Crippen LogP contribution in [0.3, 0.4) is 0 Å². The average molecular weight is 299 g/mol. The van der Waals surface area contributed by atoms with Crippen molar-refractivity contribution in [2.24, 2.45) is 17.2 Å². The molecule has 0 atom stereocenters. The monoisotopic (exact) mass is 299 g/mol. The van der Waals surface area contributed by atoms with Gasteiger partial charge in [0.1, 0.15) is 5.54 Å². The maximum atomic E-state index is 11.8. The molecule has 5 heteroatoms. The van der Waals surface area contributed by atoms with Gasteiger partial charge < -0.3 is 17.2 Å². The first-order chi connectivity index (χ1) is 10.0. The summed E-state index contributed by atoms with van der Waals surface area (Å²) in [6.07, 6.45) is 10.9. The van der Waals surface area contributed by atoms with Crippen molar-refractivity contribution < 1.29 is 9.59 Å². The van der Waals surface area contributed by atoms with E-state index in [1.165, 1.54) is 38.5 Å². The van der Waals surface area contributed by atoms with E-state index in [2.05, 4.69) is 6.92 Å². The average Bonchev–Trinajstić information content (AvgIpc) is 2.51. The molecule has 21 heavy (non-hydrogen) atoms. The minimum absolute atomic E-state index is 0.209. The maximum Gasteiger partial charge on any atom is 0.173 e. The lowest BCUT2D eigenvalue weighted by Crippen LogP contribution is -2.59. The molecule has 0 radical (unpaired) electrons. The second kappa shape index (κ2) is 11.8. The summed E-state index contributed by atoms with van der Waals surface area (Å²) in [5.74, 6) is -0.810. The van der Waals surface area contributed by atoms with Crippen molar-refractivity contribution in [1.82, 2.24) is 0 Å². The number of ketones is 2. The lowest BCUT2D eigenvalue weighted by atomic mass is 9.84. The number of nitrogens with two attached hydrogens (primary N) is 3. The van der Waals surface area contributed by atoms with Gasteiger partial charge >= 0.3 is 0 Å². The van der Waals surface area contributed by atoms with E-state index in [1.54, 1.807) is 0 Å². The molecule has 5 nitrogen and oxygen atoms in total. The van der Waals surface area contributed by atoms with E-state index in [-0.39, 0.29) is 13.1 Å². The summed E-state index contributed by atoms with van der Waals surface area (Å²) in [6, 6.07) is 0. The summed E-state index contributed by atoms with van der Waals surface area (Å²) in [5, 5.41) is 0. The summed E-state index contributed by atoms with van der Waals surface area (Å²) >= 11 is 0. The minimum atomic E-state index is -1.47. The molecule has 0 aliphatic rings. The van der Waals surface area contributed by atoms with E-state index >= 15 is 0 Å². The number of hydrogen-bond donors (Lipinski definition) is 3. The lowest BCUT2D eigenvalue weighted by molar-refractivity contribution is -0.133. The van der Waals surface area contributed by atoms with Crippen LogP contribution in [0.15, 0.2) is 0 Å². The fourth-order valence-electron chi connectivity index (χ4n) is 2.51. The fourth-order valence-corrected chi connectivity index (χ4v) is 2.51. The Hall–Kier alpha value is -0.780. The van der Waals surface area contributed by atoms with E-state index in [9.17, 15) is 9.59 Å². The van der Waals surface area contributed by atoms with E-state index < -0.39 is 17.1 Å². The van der Waals surface area contributed by atoms with Gasteiger partial charge in [0.2, 0.25) is 0 Å². The van der Waals surface area contributed by atoms with Crippen molar-refractivity contribution >= 4 is 11.6 Å². The number of Topliss-reactive ketones (excluding diaryl/α,β-unsaturated/α-hetero) is 2. The van der Waals surface area contributed by atoms with E-state index in [1.807, 2.05) is 0 Å². The molecular formula is C16H33N3O2. The quantitative estimate of drug-likeness (QED) is 0.333. The fraction of sp³-hybridized carbons (Fsp3) is 0.875. The van der Waals surface area contributed by atoms with Gasteiger partial charge in [0.05, 0.1) is 13.1 Å². The summed E-state index contributed by atoms with van der Waals surface area (Å²) in [7, 11) is 0. The highest BCUT2D eigenvalue weighted by Crippen LogP contribution is 2.17. The number of carbonyl (C=O) groups is 2. The minimum Gasteiger partial charge on any atom is -0.324 e. The molecule has 124 valence electrons. The summed E-state index contributed by atoms with van der Waals surface area (Å²) < 4.78 is 0. The van der Waals surface area contributed by atoms with Crippen molar-refractivity contribution in [3.8, 4) is 0 Å². The van der Waals surface area contributed by atoms with Crippen molar-refractivity contribution in [2.75, 3.05) is 13.1 Å². The molecule has 0 amide bonds. The van der Waals surface area contributed by atoms with Crippen molar-refractivity contribution in [3.63, 3.8) is 0 Å². The zero-order chi connectivity index (χ0) is 16.1. The smallest absolute Gasteiger partial charge is 0.173 e. The predicted octanol–water partition coefficient (Wildman–Crippen LogP) is 1.66. The van der Waals surface area contributed by atoms with Gasteiger partial charge in [-0.1, -0.05) is 64.7 Å². The number of rotatable bonds is 14. The van der Waals surface area contributed by atoms with Crippen LogP contribution >= 0.6 is 0 Å². The van der Waals surface area contributed by atoms with Gasteiger partial charge in [-0.15, -0.1) is 0 Å². The van der Waals surface area contributed by atoms with Crippen LogP contribution in [0.2, 0.25) is 0 Å². The first kappa shape index (κ1) is 20.2. The third kappa shape index (κ3) is 7.69. The van der Waals surface area contributed by atoms with Crippen LogP contribution in [0.25, 0.3) is 0 Å². The number of hydrogen-bond acceptors (Lipinski definition) is 5. The second-order valence-electron chi connectivity index (χ2n) is 5.80. The Labute approximate surface area is 129 Å². The number of unbranched alkanes of at least 4 members (excludes halogenated alkanes) is 8. The van der Waals surface area contributed by atoms with Gasteiger partial charge in [0, 0.05) is 0 Å². The van der Waals surface area contributed by atoms with Crippen molar-refractivity contribution in [2.45, 2.75) is 76.7 Å². The molecule has 0 aliphatic carbocycles. The summed E-state index contributed by atoms with van der Waals surface area (Å²) in [5.41, 5.74) is 15.2. The van der Waals surface area contributed by atoms with Crippen LogP contribution in [0, 0.1) is 0 Å². The van der Waals surface area contributed by atoms with Crippen molar-refractivity contribution in [1.29, 1.82) is 0 Å². The highest BCUT2D eigenvalue weighted by atomic mass is 16.2. The lowest BCUT2D eigenvalue weighted by Gasteiger charge is -2.25. The Morgan fingerprint density at radius 3 is 1.52 bits per heavy atom. The van der Waals surface area contributed by atoms with Crippen LogP contribution < -0.4 is 17.2 Å². The molecule has 0 aromatic rings. The van der Waals surface area contributed by atoms with Crippen LogP contribution in [-0.4, -0.2) is 30.2 Å². The maximum absolute atomic E-state index is 11.8. The zero-order valence-electron chi connectivity index (χ0n) is 13.5. The summed E-state index contributed by atoms with van der Waals surface area (Å²) in [4.78, 5) is 23.5. The topological polar surface area (TPSA) is 112 Å². The highest BCUT2D eigenvalue weighted by Gasteiger charge is 2.38. The number of carbonyl (C=O) groups excluding carboxylic acids is 2. The molecule has 0 spiro atoms. The van der Waals surface area contributed by atoms with Crippen LogP contribution in [0.4, 0.5) is 0 Å². The first-order valence-electron chi connectivity index (χ1n) is 8.28. The Balaban J connectivity index is 3.90. The SMILES string of the molecule is CCCCCCCCCCCC(N)(C(=O)CN)C(=O)CN. The molecule has 0 saturated carbocycles. The van der Waals surface area contributed by atoms with Gasteiger partial charge in [-0.25, -0.2) is 0 Å². The Bertz CT molecular complexity index is 290. The molecule has 0 unspecified atom stereocenters. The normalized spacial score (nSPS) is 11.6. The second-order valence-corrected chi connectivity index (χ2v) is 5.80. The van der Waals surface area contributed by atoms with Gasteiger partial charge in [0.15, 0.2) is 11.6 Å². The molecular weight excluding hydrogens is 266 g/mol. The zero-order valence-corrected chi connectivity index (χ0v) is 13.5. The summed E-state index contributed by atoms with van der Waals surface area (Å²) in [6.45, 7) is 1.80. The molecule has 0 heterocycles. The Kier molecular flexibility index (Phi) is 11.4. The third-order valence-electron chi connectivity index (χ3n) is 4.04. The van der Waals surface area contributed by atoms with Crippen molar-refractivity contribution in [3.05, 3.63) is 0 Å². The third-order valence-corrected chi connectivity index (χ3v) is 4.04. The predicted molar refractivity (Wildman–Crippen MR) is 86.9 cm³/mol. The van der Waals surface area contributed by atoms with Gasteiger partial charge in [-0.3, -0.25) is 9.59 Å². The first-order valence-corrected chi connectivity index (χ1v) is 8.28. The van der Waals surface area contributed by atoms with Gasteiger partial charge in [0.25, 0.3) is 0 Å². The van der Waals surface area contributed by atoms with Crippen LogP contribution in [0.5, 0.6) is 0 Å². The van der Waals surface area contributed by atoms with E-state index in [0.717, 1.165) is 19.3 Å². The molecule has 6 N–H and O–H groups in total.